The van der Waals surface area contributed by atoms with E-state index >= 15 is 0 Å². The number of carbonyl (C=O) groups excluding carboxylic acids is 1. The summed E-state index contributed by atoms with van der Waals surface area (Å²) >= 11 is 0. The SMILES string of the molecule is CC12CN3CN(C1)CC(c1cccnc1)(C3)C2=O. The van der Waals surface area contributed by atoms with Crippen molar-refractivity contribution in [1.29, 1.82) is 0 Å². The molecule has 0 aromatic carbocycles. The zero-order valence-corrected chi connectivity index (χ0v) is 10.6. The Morgan fingerprint density at radius 2 is 1.94 bits per heavy atom. The van der Waals surface area contributed by atoms with Gasteiger partial charge in [0, 0.05) is 38.6 Å². The third-order valence-electron chi connectivity index (χ3n) is 4.73. The Balaban J connectivity index is 1.88. The van der Waals surface area contributed by atoms with Crippen LogP contribution < -0.4 is 0 Å². The normalized spacial score (nSPS) is 45.5. The number of rotatable bonds is 1. The molecule has 4 heteroatoms. The molecule has 0 spiro atoms. The van der Waals surface area contributed by atoms with Crippen LogP contribution in [0.5, 0.6) is 0 Å². The standard InChI is InChI=1S/C14H17N3O/c1-13-6-16-8-14(12(13)18,9-17(7-13)10-16)11-3-2-4-15-5-11/h2-5H,6-10H2,1H3. The molecule has 2 atom stereocenters. The lowest BCUT2D eigenvalue weighted by Gasteiger charge is -2.62. The summed E-state index contributed by atoms with van der Waals surface area (Å²) in [6.07, 6.45) is 3.65. The van der Waals surface area contributed by atoms with Gasteiger partial charge in [0.05, 0.1) is 17.5 Å². The molecule has 1 aromatic rings. The fraction of sp³-hybridized carbons (Fsp3) is 0.571. The highest BCUT2D eigenvalue weighted by atomic mass is 16.1. The first kappa shape index (κ1) is 10.6. The number of ketones is 1. The predicted molar refractivity (Wildman–Crippen MR) is 67.0 cm³/mol. The van der Waals surface area contributed by atoms with E-state index in [1.54, 1.807) is 6.20 Å². The zero-order valence-electron chi connectivity index (χ0n) is 10.6. The summed E-state index contributed by atoms with van der Waals surface area (Å²) in [5.41, 5.74) is 0.567. The van der Waals surface area contributed by atoms with Crippen LogP contribution in [0.25, 0.3) is 0 Å². The Labute approximate surface area is 107 Å². The average molecular weight is 243 g/mol. The maximum Gasteiger partial charge on any atom is 0.154 e. The van der Waals surface area contributed by atoms with Gasteiger partial charge >= 0.3 is 0 Å². The lowest BCUT2D eigenvalue weighted by Crippen LogP contribution is -2.77. The van der Waals surface area contributed by atoms with E-state index < -0.39 is 0 Å². The minimum absolute atomic E-state index is 0.190. The highest BCUT2D eigenvalue weighted by Crippen LogP contribution is 2.47. The van der Waals surface area contributed by atoms with Gasteiger partial charge in [0.25, 0.3) is 0 Å². The monoisotopic (exact) mass is 243 g/mol. The third kappa shape index (κ3) is 1.17. The molecule has 0 saturated carbocycles. The third-order valence-corrected chi connectivity index (χ3v) is 4.73. The summed E-state index contributed by atoms with van der Waals surface area (Å²) in [4.78, 5) is 22.0. The number of aromatic nitrogens is 1. The molecule has 0 radical (unpaired) electrons. The van der Waals surface area contributed by atoms with Gasteiger partial charge in [0.1, 0.15) is 0 Å². The lowest BCUT2D eigenvalue weighted by atomic mass is 9.59. The molecule has 0 aliphatic carbocycles. The van der Waals surface area contributed by atoms with Crippen molar-refractivity contribution in [3.8, 4) is 0 Å². The summed E-state index contributed by atoms with van der Waals surface area (Å²) in [7, 11) is 0. The van der Waals surface area contributed by atoms with Crippen LogP contribution in [0.15, 0.2) is 24.5 Å². The number of hydrogen-bond acceptors (Lipinski definition) is 4. The van der Waals surface area contributed by atoms with Gasteiger partial charge in [0.2, 0.25) is 0 Å². The van der Waals surface area contributed by atoms with Crippen LogP contribution in [0, 0.1) is 5.41 Å². The first-order valence-corrected chi connectivity index (χ1v) is 6.53. The van der Waals surface area contributed by atoms with Gasteiger partial charge in [-0.25, -0.2) is 0 Å². The molecule has 4 saturated heterocycles. The number of pyridine rings is 1. The van der Waals surface area contributed by atoms with Gasteiger partial charge in [-0.2, -0.15) is 0 Å². The van der Waals surface area contributed by atoms with Gasteiger partial charge < -0.3 is 0 Å². The lowest BCUT2D eigenvalue weighted by molar-refractivity contribution is -0.168. The number of hydrogen-bond donors (Lipinski definition) is 0. The van der Waals surface area contributed by atoms with E-state index in [1.165, 1.54) is 0 Å². The second-order valence-corrected chi connectivity index (χ2v) is 6.33. The van der Waals surface area contributed by atoms with Gasteiger partial charge in [-0.05, 0) is 11.6 Å². The number of carbonyl (C=O) groups is 1. The summed E-state index contributed by atoms with van der Waals surface area (Å²) < 4.78 is 0. The van der Waals surface area contributed by atoms with E-state index in [1.807, 2.05) is 12.3 Å². The Hall–Kier alpha value is -1.26. The summed E-state index contributed by atoms with van der Waals surface area (Å²) in [6.45, 7) is 6.71. The Morgan fingerprint density at radius 3 is 2.56 bits per heavy atom. The quantitative estimate of drug-likeness (QED) is 0.719. The van der Waals surface area contributed by atoms with Gasteiger partial charge in [-0.1, -0.05) is 13.0 Å². The number of piperidine rings is 2. The van der Waals surface area contributed by atoms with Crippen molar-refractivity contribution in [1.82, 2.24) is 14.8 Å². The van der Waals surface area contributed by atoms with Crippen LogP contribution in [0.1, 0.15) is 12.5 Å². The molecular formula is C14H17N3O. The molecular weight excluding hydrogens is 226 g/mol. The van der Waals surface area contributed by atoms with Crippen molar-refractivity contribution >= 4 is 5.78 Å². The molecule has 94 valence electrons. The Kier molecular flexibility index (Phi) is 1.89. The fourth-order valence-corrected chi connectivity index (χ4v) is 4.27. The first-order chi connectivity index (χ1) is 8.62. The van der Waals surface area contributed by atoms with Crippen molar-refractivity contribution in [3.63, 3.8) is 0 Å². The Bertz CT molecular complexity index is 499. The van der Waals surface area contributed by atoms with E-state index in [4.69, 9.17) is 0 Å². The number of Topliss-reactive ketones (excluding diaryl/α,β-unsaturated/α-hetero) is 1. The topological polar surface area (TPSA) is 36.4 Å². The molecule has 4 aliphatic rings. The summed E-state index contributed by atoms with van der Waals surface area (Å²) in [6, 6.07) is 4.00. The Morgan fingerprint density at radius 1 is 1.22 bits per heavy atom. The molecule has 4 bridgehead atoms. The van der Waals surface area contributed by atoms with Gasteiger partial charge in [-0.3, -0.25) is 19.6 Å². The second kappa shape index (κ2) is 3.19. The molecule has 2 unspecified atom stereocenters. The molecule has 1 aromatic heterocycles. The minimum Gasteiger partial charge on any atom is -0.298 e. The average Bonchev–Trinajstić information content (AvgIpc) is 2.36. The zero-order chi connectivity index (χ0) is 12.4. The molecule has 0 amide bonds. The van der Waals surface area contributed by atoms with Crippen LogP contribution in [-0.4, -0.2) is 53.4 Å². The van der Waals surface area contributed by atoms with Crippen LogP contribution in [0.2, 0.25) is 0 Å². The molecule has 4 nitrogen and oxygen atoms in total. The van der Waals surface area contributed by atoms with E-state index in [9.17, 15) is 4.79 Å². The summed E-state index contributed by atoms with van der Waals surface area (Å²) in [5, 5.41) is 0. The molecule has 5 heterocycles. The van der Waals surface area contributed by atoms with Crippen molar-refractivity contribution in [2.24, 2.45) is 5.41 Å². The van der Waals surface area contributed by atoms with E-state index in [0.717, 1.165) is 38.4 Å². The smallest absolute Gasteiger partial charge is 0.154 e. The van der Waals surface area contributed by atoms with Crippen LogP contribution >= 0.6 is 0 Å². The molecule has 0 N–H and O–H groups in total. The molecule has 18 heavy (non-hydrogen) atoms. The largest absolute Gasteiger partial charge is 0.298 e. The highest BCUT2D eigenvalue weighted by molar-refractivity contribution is 5.97. The molecule has 5 rings (SSSR count). The van der Waals surface area contributed by atoms with Crippen molar-refractivity contribution in [2.45, 2.75) is 12.3 Å². The van der Waals surface area contributed by atoms with Gasteiger partial charge in [-0.15, -0.1) is 0 Å². The maximum absolute atomic E-state index is 12.9. The van der Waals surface area contributed by atoms with Gasteiger partial charge in [0.15, 0.2) is 5.78 Å². The number of nitrogens with zero attached hydrogens (tertiary/aromatic N) is 3. The fourth-order valence-electron chi connectivity index (χ4n) is 4.27. The second-order valence-electron chi connectivity index (χ2n) is 6.33. The summed E-state index contributed by atoms with van der Waals surface area (Å²) in [5.74, 6) is 0.426. The van der Waals surface area contributed by atoms with Crippen LogP contribution in [0.3, 0.4) is 0 Å². The molecule has 4 fully saturated rings. The van der Waals surface area contributed by atoms with Crippen LogP contribution in [-0.2, 0) is 10.2 Å². The molecule has 4 aliphatic heterocycles. The van der Waals surface area contributed by atoms with E-state index in [2.05, 4.69) is 27.8 Å². The minimum atomic E-state index is -0.336. The first-order valence-electron chi connectivity index (χ1n) is 6.53. The highest BCUT2D eigenvalue weighted by Gasteiger charge is 2.61. The van der Waals surface area contributed by atoms with Crippen LogP contribution in [0.4, 0.5) is 0 Å². The van der Waals surface area contributed by atoms with Crippen molar-refractivity contribution < 1.29 is 4.79 Å². The van der Waals surface area contributed by atoms with Crippen molar-refractivity contribution in [2.75, 3.05) is 32.8 Å². The van der Waals surface area contributed by atoms with E-state index in [0.29, 0.717) is 5.78 Å². The van der Waals surface area contributed by atoms with E-state index in [-0.39, 0.29) is 10.8 Å². The predicted octanol–water partition coefficient (Wildman–Crippen LogP) is 0.497. The maximum atomic E-state index is 12.9. The van der Waals surface area contributed by atoms with Crippen molar-refractivity contribution in [3.05, 3.63) is 30.1 Å².